The van der Waals surface area contributed by atoms with Crippen molar-refractivity contribution in [3.05, 3.63) is 32.8 Å². The Morgan fingerprint density at radius 3 is 2.26 bits per heavy atom. The number of hydrogen-bond acceptors (Lipinski definition) is 3. The third-order valence-corrected chi connectivity index (χ3v) is 4.43. The zero-order valence-corrected chi connectivity index (χ0v) is 13.5. The average Bonchev–Trinajstić information content (AvgIpc) is 2.33. The smallest absolute Gasteiger partial charge is 0.176 e. The number of carbonyl (C=O) groups is 1. The molecule has 0 aliphatic carbocycles. The lowest BCUT2D eigenvalue weighted by molar-refractivity contribution is 0.0982. The Labute approximate surface area is 132 Å². The lowest BCUT2D eigenvalue weighted by atomic mass is 10.0. The van der Waals surface area contributed by atoms with Crippen LogP contribution in [0.25, 0.3) is 0 Å². The number of nitrogens with zero attached hydrogens (tertiary/aromatic N) is 1. The Morgan fingerprint density at radius 2 is 1.84 bits per heavy atom. The molecule has 0 saturated heterocycles. The first-order chi connectivity index (χ1) is 8.86. The molecule has 0 aliphatic rings. The van der Waals surface area contributed by atoms with Crippen molar-refractivity contribution in [1.29, 1.82) is 5.26 Å². The van der Waals surface area contributed by atoms with E-state index in [1.54, 1.807) is 0 Å². The highest BCUT2D eigenvalue weighted by molar-refractivity contribution is 8.05. The molecule has 0 N–H and O–H groups in total. The van der Waals surface area contributed by atoms with Gasteiger partial charge in [-0.2, -0.15) is 5.26 Å². The molecular weight excluding hydrogens is 325 g/mol. The van der Waals surface area contributed by atoms with Crippen molar-refractivity contribution >= 4 is 52.3 Å². The molecule has 2 nitrogen and oxygen atoms in total. The van der Waals surface area contributed by atoms with Crippen LogP contribution in [-0.4, -0.2) is 11.0 Å². The SMILES string of the molecule is CC(C)CC(SC#N)C(=O)c1cc(Cl)c(Cl)c(Cl)c1. The van der Waals surface area contributed by atoms with Crippen molar-refractivity contribution in [2.45, 2.75) is 25.5 Å². The number of hydrogen-bond donors (Lipinski definition) is 0. The molecule has 1 rings (SSSR count). The van der Waals surface area contributed by atoms with Gasteiger partial charge in [0.05, 0.1) is 20.3 Å². The summed E-state index contributed by atoms with van der Waals surface area (Å²) in [6, 6.07) is 2.98. The molecule has 1 aromatic carbocycles. The van der Waals surface area contributed by atoms with Gasteiger partial charge in [0.15, 0.2) is 5.78 Å². The summed E-state index contributed by atoms with van der Waals surface area (Å²) in [5.41, 5.74) is 0.382. The van der Waals surface area contributed by atoms with Gasteiger partial charge in [-0.3, -0.25) is 4.79 Å². The van der Waals surface area contributed by atoms with E-state index in [1.807, 2.05) is 19.2 Å². The summed E-state index contributed by atoms with van der Waals surface area (Å²) in [6.45, 7) is 4.00. The van der Waals surface area contributed by atoms with Crippen LogP contribution in [0.4, 0.5) is 0 Å². The molecule has 0 bridgehead atoms. The molecule has 0 saturated carbocycles. The molecule has 0 fully saturated rings. The first-order valence-corrected chi connectivity index (χ1v) is 7.61. The number of halogens is 3. The molecule has 0 heterocycles. The second-order valence-corrected chi connectivity index (χ2v) is 6.63. The van der Waals surface area contributed by atoms with Crippen LogP contribution < -0.4 is 0 Å². The Balaban J connectivity index is 3.06. The third-order valence-electron chi connectivity index (χ3n) is 2.44. The number of thiocyanates is 1. The second-order valence-electron chi connectivity index (χ2n) is 4.45. The maximum atomic E-state index is 12.4. The normalized spacial score (nSPS) is 12.3. The highest BCUT2D eigenvalue weighted by Gasteiger charge is 2.23. The standard InChI is InChI=1S/C13H12Cl3NOS/c1-7(2)3-11(19-6-17)13(18)8-4-9(14)12(16)10(15)5-8/h4-5,7,11H,3H2,1-2H3. The monoisotopic (exact) mass is 335 g/mol. The van der Waals surface area contributed by atoms with Crippen LogP contribution in [0.1, 0.15) is 30.6 Å². The molecule has 102 valence electrons. The molecule has 6 heteroatoms. The first-order valence-electron chi connectivity index (χ1n) is 5.60. The average molecular weight is 337 g/mol. The molecule has 0 aromatic heterocycles. The van der Waals surface area contributed by atoms with Gasteiger partial charge >= 0.3 is 0 Å². The summed E-state index contributed by atoms with van der Waals surface area (Å²) in [7, 11) is 0. The van der Waals surface area contributed by atoms with Crippen molar-refractivity contribution in [2.24, 2.45) is 5.92 Å². The van der Waals surface area contributed by atoms with Gasteiger partial charge in [-0.15, -0.1) is 0 Å². The minimum Gasteiger partial charge on any atom is -0.293 e. The summed E-state index contributed by atoms with van der Waals surface area (Å²) >= 11 is 18.6. The van der Waals surface area contributed by atoms with Crippen LogP contribution in [-0.2, 0) is 0 Å². The molecule has 0 radical (unpaired) electrons. The molecule has 1 unspecified atom stereocenters. The molecule has 0 spiro atoms. The summed E-state index contributed by atoms with van der Waals surface area (Å²) < 4.78 is 0. The lowest BCUT2D eigenvalue weighted by Gasteiger charge is -2.14. The minimum atomic E-state index is -0.418. The van der Waals surface area contributed by atoms with Gasteiger partial charge in [-0.25, -0.2) is 0 Å². The fraction of sp³-hybridized carbons (Fsp3) is 0.385. The Morgan fingerprint density at radius 1 is 1.32 bits per heavy atom. The molecule has 0 aliphatic heterocycles. The number of thioether (sulfide) groups is 1. The molecule has 1 atom stereocenters. The number of benzene rings is 1. The summed E-state index contributed by atoms with van der Waals surface area (Å²) in [5, 5.41) is 11.0. The van der Waals surface area contributed by atoms with E-state index in [2.05, 4.69) is 0 Å². The van der Waals surface area contributed by atoms with E-state index in [4.69, 9.17) is 40.1 Å². The molecule has 1 aromatic rings. The quantitative estimate of drug-likeness (QED) is 0.407. The highest BCUT2D eigenvalue weighted by Crippen LogP contribution is 2.33. The number of nitriles is 1. The van der Waals surface area contributed by atoms with Crippen molar-refractivity contribution in [1.82, 2.24) is 0 Å². The largest absolute Gasteiger partial charge is 0.293 e. The van der Waals surface area contributed by atoms with E-state index < -0.39 is 5.25 Å². The van der Waals surface area contributed by atoms with Crippen molar-refractivity contribution in [3.63, 3.8) is 0 Å². The first kappa shape index (κ1) is 16.7. The fourth-order valence-electron chi connectivity index (χ4n) is 1.58. The van der Waals surface area contributed by atoms with Gasteiger partial charge < -0.3 is 0 Å². The lowest BCUT2D eigenvalue weighted by Crippen LogP contribution is -2.19. The zero-order chi connectivity index (χ0) is 14.6. The van der Waals surface area contributed by atoms with E-state index in [-0.39, 0.29) is 20.9 Å². The van der Waals surface area contributed by atoms with Crippen LogP contribution in [0, 0.1) is 16.6 Å². The van der Waals surface area contributed by atoms with E-state index in [0.29, 0.717) is 17.9 Å². The Kier molecular flexibility index (Phi) is 6.49. The fourth-order valence-corrected chi connectivity index (χ4v) is 3.03. The number of ketones is 1. The summed E-state index contributed by atoms with van der Waals surface area (Å²) in [6.07, 6.45) is 0.620. The van der Waals surface area contributed by atoms with Gasteiger partial charge in [0.1, 0.15) is 5.40 Å². The Hall–Kier alpha value is -0.400. The number of rotatable bonds is 5. The maximum absolute atomic E-state index is 12.4. The molecule has 19 heavy (non-hydrogen) atoms. The van der Waals surface area contributed by atoms with Crippen LogP contribution in [0.15, 0.2) is 12.1 Å². The zero-order valence-electron chi connectivity index (χ0n) is 10.4. The van der Waals surface area contributed by atoms with Crippen molar-refractivity contribution in [2.75, 3.05) is 0 Å². The number of Topliss-reactive ketones (excluding diaryl/α,β-unsaturated/α-hetero) is 1. The topological polar surface area (TPSA) is 40.9 Å². The van der Waals surface area contributed by atoms with Crippen LogP contribution in [0.5, 0.6) is 0 Å². The predicted molar refractivity (Wildman–Crippen MR) is 82.2 cm³/mol. The molecular formula is C13H12Cl3NOS. The van der Waals surface area contributed by atoms with Gasteiger partial charge in [-0.1, -0.05) is 48.7 Å². The minimum absolute atomic E-state index is 0.152. The number of carbonyl (C=O) groups excluding carboxylic acids is 1. The summed E-state index contributed by atoms with van der Waals surface area (Å²) in [5.74, 6) is 0.161. The van der Waals surface area contributed by atoms with Crippen LogP contribution >= 0.6 is 46.6 Å². The maximum Gasteiger partial charge on any atom is 0.176 e. The summed E-state index contributed by atoms with van der Waals surface area (Å²) in [4.78, 5) is 12.4. The van der Waals surface area contributed by atoms with Gasteiger partial charge in [-0.05, 0) is 36.2 Å². The van der Waals surface area contributed by atoms with E-state index in [1.165, 1.54) is 12.1 Å². The second kappa shape index (κ2) is 7.40. The van der Waals surface area contributed by atoms with Gasteiger partial charge in [0, 0.05) is 5.56 Å². The van der Waals surface area contributed by atoms with Gasteiger partial charge in [0.25, 0.3) is 0 Å². The van der Waals surface area contributed by atoms with E-state index in [9.17, 15) is 4.79 Å². The molecule has 0 amide bonds. The van der Waals surface area contributed by atoms with Crippen LogP contribution in [0.3, 0.4) is 0 Å². The van der Waals surface area contributed by atoms with Crippen LogP contribution in [0.2, 0.25) is 15.1 Å². The van der Waals surface area contributed by atoms with Crippen molar-refractivity contribution in [3.8, 4) is 5.40 Å². The van der Waals surface area contributed by atoms with Crippen molar-refractivity contribution < 1.29 is 4.79 Å². The predicted octanol–water partition coefficient (Wildman–Crippen LogP) is 5.46. The van der Waals surface area contributed by atoms with E-state index in [0.717, 1.165) is 11.8 Å². The third kappa shape index (κ3) is 4.57. The highest BCUT2D eigenvalue weighted by atomic mass is 35.5. The Bertz CT molecular complexity index is 502. The van der Waals surface area contributed by atoms with Gasteiger partial charge in [0.2, 0.25) is 0 Å². The van der Waals surface area contributed by atoms with E-state index >= 15 is 0 Å².